The van der Waals surface area contributed by atoms with E-state index in [9.17, 15) is 0 Å². The summed E-state index contributed by atoms with van der Waals surface area (Å²) in [6, 6.07) is 12.9. The van der Waals surface area contributed by atoms with Gasteiger partial charge in [0.2, 0.25) is 0 Å². The molecule has 0 aliphatic carbocycles. The van der Waals surface area contributed by atoms with Crippen molar-refractivity contribution in [1.29, 1.82) is 0 Å². The lowest BCUT2D eigenvalue weighted by Gasteiger charge is -2.45. The molecule has 2 atom stereocenters. The SMILES string of the molecule is COc1ccc(C2OCC2(C)C)cc1C(C)(C)c1cc(C2OCC2(C)C)ccc1OC. The van der Waals surface area contributed by atoms with Gasteiger partial charge in [0.25, 0.3) is 0 Å². The topological polar surface area (TPSA) is 36.9 Å². The Kier molecular flexibility index (Phi) is 5.38. The summed E-state index contributed by atoms with van der Waals surface area (Å²) in [5.74, 6) is 1.75. The van der Waals surface area contributed by atoms with E-state index in [-0.39, 0.29) is 28.5 Å². The molecule has 2 saturated heterocycles. The predicted octanol–water partition coefficient (Wildman–Crippen LogP) is 6.22. The van der Waals surface area contributed by atoms with Gasteiger partial charge < -0.3 is 18.9 Å². The fraction of sp³-hybridized carbons (Fsp3) is 0.556. The Labute approximate surface area is 186 Å². The summed E-state index contributed by atoms with van der Waals surface area (Å²) < 4.78 is 23.5. The van der Waals surface area contributed by atoms with Crippen LogP contribution >= 0.6 is 0 Å². The summed E-state index contributed by atoms with van der Waals surface area (Å²) in [7, 11) is 3.47. The second-order valence-corrected chi connectivity index (χ2v) is 10.9. The third kappa shape index (κ3) is 3.64. The third-order valence-electron chi connectivity index (χ3n) is 7.06. The van der Waals surface area contributed by atoms with Gasteiger partial charge in [-0.3, -0.25) is 0 Å². The van der Waals surface area contributed by atoms with Gasteiger partial charge in [0.15, 0.2) is 0 Å². The van der Waals surface area contributed by atoms with Crippen LogP contribution in [0.5, 0.6) is 11.5 Å². The molecule has 2 aromatic carbocycles. The summed E-state index contributed by atoms with van der Waals surface area (Å²) in [6.07, 6.45) is 0.204. The van der Waals surface area contributed by atoms with E-state index in [1.807, 2.05) is 0 Å². The minimum absolute atomic E-state index is 0.102. The predicted molar refractivity (Wildman–Crippen MR) is 123 cm³/mol. The quantitative estimate of drug-likeness (QED) is 0.551. The van der Waals surface area contributed by atoms with E-state index >= 15 is 0 Å². The average molecular weight is 425 g/mol. The molecule has 2 aromatic rings. The van der Waals surface area contributed by atoms with Crippen LogP contribution in [0.4, 0.5) is 0 Å². The zero-order valence-electron chi connectivity index (χ0n) is 20.2. The zero-order valence-corrected chi connectivity index (χ0v) is 20.2. The summed E-state index contributed by atoms with van der Waals surface area (Å²) in [6.45, 7) is 15.1. The number of ether oxygens (including phenoxy) is 4. The lowest BCUT2D eigenvalue weighted by atomic mass is 9.72. The Morgan fingerprint density at radius 2 is 1.13 bits per heavy atom. The van der Waals surface area contributed by atoms with Crippen molar-refractivity contribution in [1.82, 2.24) is 0 Å². The largest absolute Gasteiger partial charge is 0.496 e. The van der Waals surface area contributed by atoms with E-state index in [1.165, 1.54) is 11.1 Å². The molecule has 31 heavy (non-hydrogen) atoms. The summed E-state index contributed by atoms with van der Waals surface area (Å²) >= 11 is 0. The number of hydrogen-bond donors (Lipinski definition) is 0. The van der Waals surface area contributed by atoms with Crippen LogP contribution in [0, 0.1) is 10.8 Å². The van der Waals surface area contributed by atoms with Gasteiger partial charge >= 0.3 is 0 Å². The molecule has 4 nitrogen and oxygen atoms in total. The van der Waals surface area contributed by atoms with Crippen LogP contribution in [0.15, 0.2) is 36.4 Å². The van der Waals surface area contributed by atoms with E-state index in [4.69, 9.17) is 18.9 Å². The molecule has 4 rings (SSSR count). The molecule has 2 heterocycles. The molecule has 0 bridgehead atoms. The van der Waals surface area contributed by atoms with Crippen LogP contribution < -0.4 is 9.47 Å². The highest BCUT2D eigenvalue weighted by molar-refractivity contribution is 5.53. The van der Waals surface area contributed by atoms with Crippen molar-refractivity contribution in [3.8, 4) is 11.5 Å². The summed E-state index contributed by atoms with van der Waals surface area (Å²) in [4.78, 5) is 0. The average Bonchev–Trinajstić information content (AvgIpc) is 2.72. The van der Waals surface area contributed by atoms with Crippen LogP contribution in [-0.4, -0.2) is 27.4 Å². The van der Waals surface area contributed by atoms with E-state index in [0.717, 1.165) is 35.8 Å². The second-order valence-electron chi connectivity index (χ2n) is 10.9. The standard InChI is InChI=1S/C27H36O4/c1-25(2)15-30-23(25)17-9-11-21(28-7)19(13-17)27(5,6)20-14-18(10-12-22(20)29-8)24-26(3,4)16-31-24/h9-14,23-24H,15-16H2,1-8H3. The molecule has 168 valence electrons. The Morgan fingerprint density at radius 1 is 0.742 bits per heavy atom. The van der Waals surface area contributed by atoms with E-state index in [2.05, 4.69) is 77.9 Å². The molecule has 0 aromatic heterocycles. The number of rotatable bonds is 6. The van der Waals surface area contributed by atoms with Crippen molar-refractivity contribution >= 4 is 0 Å². The van der Waals surface area contributed by atoms with Crippen molar-refractivity contribution < 1.29 is 18.9 Å². The normalized spacial score (nSPS) is 24.1. The van der Waals surface area contributed by atoms with Crippen molar-refractivity contribution in [3.05, 3.63) is 58.7 Å². The van der Waals surface area contributed by atoms with Crippen LogP contribution in [0.1, 0.15) is 76.0 Å². The van der Waals surface area contributed by atoms with Gasteiger partial charge in [0.1, 0.15) is 11.5 Å². The van der Waals surface area contributed by atoms with Gasteiger partial charge in [-0.25, -0.2) is 0 Å². The Bertz CT molecular complexity index is 896. The molecular weight excluding hydrogens is 388 g/mol. The summed E-state index contributed by atoms with van der Waals surface area (Å²) in [5.41, 5.74) is 4.58. The van der Waals surface area contributed by atoms with Crippen LogP contribution in [0.2, 0.25) is 0 Å². The van der Waals surface area contributed by atoms with Crippen LogP contribution in [0.25, 0.3) is 0 Å². The first-order valence-corrected chi connectivity index (χ1v) is 11.1. The van der Waals surface area contributed by atoms with Gasteiger partial charge in [0, 0.05) is 27.4 Å². The molecule has 4 heteroatoms. The maximum absolute atomic E-state index is 5.94. The highest BCUT2D eigenvalue weighted by Crippen LogP contribution is 2.50. The minimum Gasteiger partial charge on any atom is -0.496 e. The van der Waals surface area contributed by atoms with E-state index in [0.29, 0.717) is 0 Å². The number of benzene rings is 2. The molecule has 2 aliphatic heterocycles. The number of hydrogen-bond acceptors (Lipinski definition) is 4. The highest BCUT2D eigenvalue weighted by atomic mass is 16.5. The lowest BCUT2D eigenvalue weighted by Crippen LogP contribution is -2.40. The molecule has 2 aliphatic rings. The molecule has 0 spiro atoms. The second kappa shape index (κ2) is 7.53. The molecule has 2 fully saturated rings. The van der Waals surface area contributed by atoms with Gasteiger partial charge in [-0.15, -0.1) is 0 Å². The molecular formula is C27H36O4. The van der Waals surface area contributed by atoms with Gasteiger partial charge in [-0.05, 0) is 35.4 Å². The van der Waals surface area contributed by atoms with Crippen molar-refractivity contribution in [3.63, 3.8) is 0 Å². The molecule has 0 saturated carbocycles. The van der Waals surface area contributed by atoms with E-state index in [1.54, 1.807) is 14.2 Å². The van der Waals surface area contributed by atoms with E-state index < -0.39 is 0 Å². The Balaban J connectivity index is 1.80. The molecule has 0 amide bonds. The van der Waals surface area contributed by atoms with Crippen LogP contribution in [-0.2, 0) is 14.9 Å². The van der Waals surface area contributed by atoms with Crippen molar-refractivity contribution in [2.24, 2.45) is 10.8 Å². The van der Waals surface area contributed by atoms with Gasteiger partial charge in [-0.1, -0.05) is 53.7 Å². The van der Waals surface area contributed by atoms with Crippen LogP contribution in [0.3, 0.4) is 0 Å². The minimum atomic E-state index is -0.343. The summed E-state index contributed by atoms with van der Waals surface area (Å²) in [5, 5.41) is 0. The molecule has 2 unspecified atom stereocenters. The number of methoxy groups -OCH3 is 2. The highest BCUT2D eigenvalue weighted by Gasteiger charge is 2.43. The third-order valence-corrected chi connectivity index (χ3v) is 7.06. The van der Waals surface area contributed by atoms with Crippen molar-refractivity contribution in [2.75, 3.05) is 27.4 Å². The maximum atomic E-state index is 5.94. The van der Waals surface area contributed by atoms with Crippen molar-refractivity contribution in [2.45, 2.75) is 59.2 Å². The Morgan fingerprint density at radius 3 is 1.39 bits per heavy atom. The lowest BCUT2D eigenvalue weighted by molar-refractivity contribution is -0.172. The molecule has 0 N–H and O–H groups in total. The zero-order chi connectivity index (χ0) is 22.6. The van der Waals surface area contributed by atoms with Gasteiger partial charge in [0.05, 0.1) is 39.6 Å². The monoisotopic (exact) mass is 424 g/mol. The van der Waals surface area contributed by atoms with Gasteiger partial charge in [-0.2, -0.15) is 0 Å². The fourth-order valence-corrected chi connectivity index (χ4v) is 4.99. The first-order valence-electron chi connectivity index (χ1n) is 11.1. The first kappa shape index (κ1) is 22.2. The fourth-order valence-electron chi connectivity index (χ4n) is 4.99. The first-order chi connectivity index (χ1) is 14.5. The molecule has 0 radical (unpaired) electrons. The smallest absolute Gasteiger partial charge is 0.122 e. The maximum Gasteiger partial charge on any atom is 0.122 e. The Hall–Kier alpha value is -2.04.